The second-order valence-electron chi connectivity index (χ2n) is 5.31. The predicted molar refractivity (Wildman–Crippen MR) is 85.8 cm³/mol. The minimum absolute atomic E-state index is 0.119. The van der Waals surface area contributed by atoms with E-state index in [1.54, 1.807) is 0 Å². The van der Waals surface area contributed by atoms with Gasteiger partial charge in [0.2, 0.25) is 5.91 Å². The number of benzene rings is 1. The van der Waals surface area contributed by atoms with Gasteiger partial charge >= 0.3 is 0 Å². The summed E-state index contributed by atoms with van der Waals surface area (Å²) in [7, 11) is 0. The number of carbonyl (C=O) groups is 2. The Morgan fingerprint density at radius 3 is 2.83 bits per heavy atom. The maximum Gasteiger partial charge on any atom is 0.262 e. The highest BCUT2D eigenvalue weighted by Crippen LogP contribution is 2.28. The Morgan fingerprint density at radius 2 is 2.12 bits per heavy atom. The molecule has 24 heavy (non-hydrogen) atoms. The van der Waals surface area contributed by atoms with Crippen molar-refractivity contribution in [1.29, 1.82) is 0 Å². The van der Waals surface area contributed by atoms with Gasteiger partial charge < -0.3 is 15.0 Å². The highest BCUT2D eigenvalue weighted by atomic mass is 32.2. The highest BCUT2D eigenvalue weighted by molar-refractivity contribution is 8.15. The molecule has 1 fully saturated rings. The van der Waals surface area contributed by atoms with Crippen LogP contribution in [0.15, 0.2) is 23.2 Å². The first kappa shape index (κ1) is 16.8. The lowest BCUT2D eigenvalue weighted by Gasteiger charge is -2.27. The van der Waals surface area contributed by atoms with Gasteiger partial charge in [-0.2, -0.15) is 4.99 Å². The van der Waals surface area contributed by atoms with Crippen LogP contribution in [0.1, 0.15) is 6.42 Å². The summed E-state index contributed by atoms with van der Waals surface area (Å²) in [5, 5.41) is 2.31. The quantitative estimate of drug-likeness (QED) is 0.892. The molecule has 0 bridgehead atoms. The summed E-state index contributed by atoms with van der Waals surface area (Å²) >= 11 is 1.23. The zero-order valence-electron chi connectivity index (χ0n) is 12.6. The van der Waals surface area contributed by atoms with Crippen LogP contribution in [0.2, 0.25) is 0 Å². The molecule has 0 aromatic heterocycles. The number of rotatable bonds is 3. The van der Waals surface area contributed by atoms with Crippen LogP contribution in [0, 0.1) is 11.6 Å². The molecule has 0 radical (unpaired) electrons. The average molecular weight is 355 g/mol. The number of hydrogen-bond donors (Lipinski definition) is 1. The molecule has 2 amide bonds. The smallest absolute Gasteiger partial charge is 0.262 e. The van der Waals surface area contributed by atoms with Crippen molar-refractivity contribution in [3.05, 3.63) is 29.8 Å². The van der Waals surface area contributed by atoms with Gasteiger partial charge in [-0.25, -0.2) is 8.78 Å². The molecule has 2 aliphatic heterocycles. The summed E-state index contributed by atoms with van der Waals surface area (Å²) in [5.74, 6) is -2.49. The monoisotopic (exact) mass is 355 g/mol. The van der Waals surface area contributed by atoms with E-state index in [-0.39, 0.29) is 18.0 Å². The lowest BCUT2D eigenvalue weighted by molar-refractivity contribution is -0.121. The topological polar surface area (TPSA) is 71.0 Å². The van der Waals surface area contributed by atoms with Crippen molar-refractivity contribution in [1.82, 2.24) is 4.90 Å². The number of thioether (sulfide) groups is 1. The van der Waals surface area contributed by atoms with Crippen molar-refractivity contribution in [2.24, 2.45) is 4.99 Å². The Labute approximate surface area is 141 Å². The largest absolute Gasteiger partial charge is 0.378 e. The van der Waals surface area contributed by atoms with Gasteiger partial charge in [0.05, 0.1) is 18.9 Å². The van der Waals surface area contributed by atoms with Crippen molar-refractivity contribution in [2.45, 2.75) is 11.7 Å². The number of nitrogens with one attached hydrogen (secondary N) is 1. The molecule has 1 aromatic carbocycles. The molecule has 9 heteroatoms. The third kappa shape index (κ3) is 3.90. The molecular weight excluding hydrogens is 340 g/mol. The van der Waals surface area contributed by atoms with Crippen LogP contribution in [0.3, 0.4) is 0 Å². The maximum absolute atomic E-state index is 13.5. The number of halogens is 2. The van der Waals surface area contributed by atoms with Crippen molar-refractivity contribution < 1.29 is 23.1 Å². The molecule has 1 N–H and O–H groups in total. The summed E-state index contributed by atoms with van der Waals surface area (Å²) in [6, 6.07) is 2.88. The number of ether oxygens (including phenoxy) is 1. The molecule has 128 valence electrons. The van der Waals surface area contributed by atoms with Gasteiger partial charge in [-0.3, -0.25) is 9.59 Å². The van der Waals surface area contributed by atoms with E-state index in [0.717, 1.165) is 12.1 Å². The molecule has 0 spiro atoms. The van der Waals surface area contributed by atoms with Gasteiger partial charge in [-0.1, -0.05) is 11.8 Å². The van der Waals surface area contributed by atoms with E-state index in [9.17, 15) is 18.4 Å². The predicted octanol–water partition coefficient (Wildman–Crippen LogP) is 1.62. The minimum Gasteiger partial charge on any atom is -0.378 e. The number of amidine groups is 1. The van der Waals surface area contributed by atoms with Crippen molar-refractivity contribution >= 4 is 34.4 Å². The molecule has 2 heterocycles. The summed E-state index contributed by atoms with van der Waals surface area (Å²) in [5.41, 5.74) is -0.119. The molecule has 6 nitrogen and oxygen atoms in total. The first-order chi connectivity index (χ1) is 11.5. The van der Waals surface area contributed by atoms with Crippen LogP contribution in [-0.4, -0.2) is 53.4 Å². The SMILES string of the molecule is O=C(C[C@H]1SC(N2CCOCC2)=NC1=O)Nc1ccc(F)cc1F. The van der Waals surface area contributed by atoms with Gasteiger partial charge in [-0.05, 0) is 12.1 Å². The molecular formula is C15H15F2N3O3S. The lowest BCUT2D eigenvalue weighted by Crippen LogP contribution is -2.39. The van der Waals surface area contributed by atoms with Crippen LogP contribution < -0.4 is 5.32 Å². The molecule has 0 saturated carbocycles. The Morgan fingerprint density at radius 1 is 1.38 bits per heavy atom. The average Bonchev–Trinajstić information content (AvgIpc) is 2.92. The number of morpholine rings is 1. The second kappa shape index (κ2) is 7.27. The second-order valence-corrected chi connectivity index (χ2v) is 6.48. The van der Waals surface area contributed by atoms with Crippen LogP contribution in [0.4, 0.5) is 14.5 Å². The zero-order valence-corrected chi connectivity index (χ0v) is 13.4. The molecule has 2 aliphatic rings. The molecule has 3 rings (SSSR count). The van der Waals surface area contributed by atoms with Crippen LogP contribution in [0.25, 0.3) is 0 Å². The summed E-state index contributed by atoms with van der Waals surface area (Å²) in [6.45, 7) is 2.45. The Kier molecular flexibility index (Phi) is 5.10. The maximum atomic E-state index is 13.5. The van der Waals surface area contributed by atoms with Gasteiger partial charge in [-0.15, -0.1) is 0 Å². The highest BCUT2D eigenvalue weighted by Gasteiger charge is 2.33. The first-order valence-corrected chi connectivity index (χ1v) is 8.27. The van der Waals surface area contributed by atoms with Gasteiger partial charge in [0.1, 0.15) is 16.9 Å². The number of hydrogen-bond acceptors (Lipinski definition) is 5. The number of nitrogens with zero attached hydrogens (tertiary/aromatic N) is 2. The third-order valence-electron chi connectivity index (χ3n) is 3.59. The van der Waals surface area contributed by atoms with Crippen LogP contribution in [-0.2, 0) is 14.3 Å². The van der Waals surface area contributed by atoms with E-state index in [1.807, 2.05) is 4.90 Å². The number of amides is 2. The number of carbonyl (C=O) groups excluding carboxylic acids is 2. The Hall–Kier alpha value is -2.00. The molecule has 1 saturated heterocycles. The third-order valence-corrected chi connectivity index (χ3v) is 4.80. The lowest BCUT2D eigenvalue weighted by atomic mass is 10.2. The van der Waals surface area contributed by atoms with Crippen molar-refractivity contribution in [3.63, 3.8) is 0 Å². The number of aliphatic imine (C=N–C) groups is 1. The van der Waals surface area contributed by atoms with E-state index >= 15 is 0 Å². The van der Waals surface area contributed by atoms with Crippen molar-refractivity contribution in [3.8, 4) is 0 Å². The summed E-state index contributed by atoms with van der Waals surface area (Å²) < 4.78 is 31.6. The van der Waals surface area contributed by atoms with Gasteiger partial charge in [0.25, 0.3) is 5.91 Å². The van der Waals surface area contributed by atoms with Gasteiger partial charge in [0, 0.05) is 25.6 Å². The zero-order chi connectivity index (χ0) is 17.1. The molecule has 1 atom stereocenters. The summed E-state index contributed by atoms with van der Waals surface area (Å²) in [6.07, 6.45) is -0.127. The van der Waals surface area contributed by atoms with Crippen LogP contribution in [0.5, 0.6) is 0 Å². The summed E-state index contributed by atoms with van der Waals surface area (Å²) in [4.78, 5) is 29.9. The van der Waals surface area contributed by atoms with E-state index in [2.05, 4.69) is 10.3 Å². The van der Waals surface area contributed by atoms with E-state index < -0.39 is 22.8 Å². The minimum atomic E-state index is -0.862. The fourth-order valence-corrected chi connectivity index (χ4v) is 3.48. The molecule has 1 aromatic rings. The number of anilines is 1. The standard InChI is InChI=1S/C15H15F2N3O3S/c16-9-1-2-11(10(17)7-9)18-13(21)8-12-14(22)19-15(24-12)20-3-5-23-6-4-20/h1-2,7,12H,3-6,8H2,(H,18,21)/t12-/m1/s1. The fourth-order valence-electron chi connectivity index (χ4n) is 2.36. The normalized spacial score (nSPS) is 20.9. The van der Waals surface area contributed by atoms with Gasteiger partial charge in [0.15, 0.2) is 5.17 Å². The van der Waals surface area contributed by atoms with Crippen molar-refractivity contribution in [2.75, 3.05) is 31.6 Å². The fraction of sp³-hybridized carbons (Fsp3) is 0.400. The van der Waals surface area contributed by atoms with Crippen LogP contribution >= 0.6 is 11.8 Å². The van der Waals surface area contributed by atoms with E-state index in [0.29, 0.717) is 37.5 Å². The molecule has 0 unspecified atom stereocenters. The molecule has 0 aliphatic carbocycles. The first-order valence-electron chi connectivity index (χ1n) is 7.40. The van der Waals surface area contributed by atoms with E-state index in [4.69, 9.17) is 4.74 Å². The van der Waals surface area contributed by atoms with E-state index in [1.165, 1.54) is 11.8 Å². The Bertz CT molecular complexity index is 693. The Balaban J connectivity index is 1.56.